The van der Waals surface area contributed by atoms with Crippen LogP contribution in [0.3, 0.4) is 0 Å². The third-order valence-electron chi connectivity index (χ3n) is 2.08. The highest BCUT2D eigenvalue weighted by atomic mass is 32.1. The van der Waals surface area contributed by atoms with E-state index < -0.39 is 11.9 Å². The Morgan fingerprint density at radius 1 is 1.50 bits per heavy atom. The molecule has 0 bridgehead atoms. The first-order valence-corrected chi connectivity index (χ1v) is 5.16. The summed E-state index contributed by atoms with van der Waals surface area (Å²) in [6, 6.07) is 3.04. The average Bonchev–Trinajstić information content (AvgIpc) is 2.16. The molecule has 86 valence electrons. The average molecular weight is 238 g/mol. The lowest BCUT2D eigenvalue weighted by molar-refractivity contribution is -0.118. The van der Waals surface area contributed by atoms with Gasteiger partial charge in [-0.15, -0.1) is 0 Å². The molecule has 1 atom stereocenters. The zero-order valence-corrected chi connectivity index (χ0v) is 9.97. The molecule has 1 amide bonds. The minimum atomic E-state index is -0.526. The molecular weight excluding hydrogens is 224 g/mol. The number of pyridine rings is 1. The smallest absolute Gasteiger partial charge is 0.239 e. The zero-order valence-electron chi connectivity index (χ0n) is 9.15. The van der Waals surface area contributed by atoms with Gasteiger partial charge in [-0.25, -0.2) is 4.98 Å². The van der Waals surface area contributed by atoms with Crippen LogP contribution in [0.2, 0.25) is 0 Å². The standard InChI is InChI=1S/C10H14N4OS/c1-5-3-4-7(9(12)16)10(13-5)14-6(2)8(11)15/h3-4,6H,1-2H3,(H2,11,15)(H2,12,16)(H,13,14). The Bertz CT molecular complexity index is 433. The topological polar surface area (TPSA) is 94.0 Å². The highest BCUT2D eigenvalue weighted by Crippen LogP contribution is 2.14. The van der Waals surface area contributed by atoms with Gasteiger partial charge in [0, 0.05) is 5.69 Å². The molecule has 1 aromatic heterocycles. The van der Waals surface area contributed by atoms with E-state index in [0.717, 1.165) is 5.69 Å². The van der Waals surface area contributed by atoms with Crippen LogP contribution in [0.5, 0.6) is 0 Å². The van der Waals surface area contributed by atoms with Gasteiger partial charge in [-0.05, 0) is 26.0 Å². The Morgan fingerprint density at radius 3 is 2.62 bits per heavy atom. The van der Waals surface area contributed by atoms with Crippen LogP contribution in [0.15, 0.2) is 12.1 Å². The van der Waals surface area contributed by atoms with Crippen molar-refractivity contribution in [3.8, 4) is 0 Å². The lowest BCUT2D eigenvalue weighted by Crippen LogP contribution is -2.33. The molecule has 0 spiro atoms. The summed E-state index contributed by atoms with van der Waals surface area (Å²) in [4.78, 5) is 15.4. The number of hydrogen-bond donors (Lipinski definition) is 3. The quantitative estimate of drug-likeness (QED) is 0.656. The molecule has 0 aliphatic rings. The Kier molecular flexibility index (Phi) is 3.78. The second-order valence-electron chi connectivity index (χ2n) is 3.48. The summed E-state index contributed by atoms with van der Waals surface area (Å²) in [6.45, 7) is 3.49. The number of carbonyl (C=O) groups is 1. The summed E-state index contributed by atoms with van der Waals surface area (Å²) in [5.74, 6) is 0.0241. The molecule has 0 aliphatic carbocycles. The van der Waals surface area contributed by atoms with Gasteiger partial charge in [-0.3, -0.25) is 4.79 Å². The zero-order chi connectivity index (χ0) is 12.3. The second kappa shape index (κ2) is 4.89. The van der Waals surface area contributed by atoms with Crippen LogP contribution in [-0.4, -0.2) is 21.9 Å². The van der Waals surface area contributed by atoms with E-state index in [2.05, 4.69) is 10.3 Å². The maximum absolute atomic E-state index is 10.9. The summed E-state index contributed by atoms with van der Waals surface area (Å²) in [5, 5.41) is 2.88. The van der Waals surface area contributed by atoms with Gasteiger partial charge >= 0.3 is 0 Å². The number of hydrogen-bond acceptors (Lipinski definition) is 4. The molecule has 0 saturated heterocycles. The van der Waals surface area contributed by atoms with Crippen molar-refractivity contribution >= 4 is 28.9 Å². The molecule has 1 aromatic rings. The number of anilines is 1. The molecule has 0 aromatic carbocycles. The molecule has 0 radical (unpaired) electrons. The first kappa shape index (κ1) is 12.4. The van der Waals surface area contributed by atoms with Crippen molar-refractivity contribution in [2.75, 3.05) is 5.32 Å². The predicted molar refractivity (Wildman–Crippen MR) is 67.1 cm³/mol. The summed E-state index contributed by atoms with van der Waals surface area (Å²) in [5.41, 5.74) is 12.1. The molecule has 16 heavy (non-hydrogen) atoms. The number of carbonyl (C=O) groups excluding carboxylic acids is 1. The van der Waals surface area contributed by atoms with Crippen LogP contribution in [-0.2, 0) is 4.79 Å². The van der Waals surface area contributed by atoms with Gasteiger partial charge in [-0.2, -0.15) is 0 Å². The van der Waals surface area contributed by atoms with E-state index >= 15 is 0 Å². The SMILES string of the molecule is Cc1ccc(C(N)=S)c(NC(C)C(N)=O)n1. The largest absolute Gasteiger partial charge is 0.389 e. The van der Waals surface area contributed by atoms with Crippen molar-refractivity contribution in [2.45, 2.75) is 19.9 Å². The fourth-order valence-corrected chi connectivity index (χ4v) is 1.31. The van der Waals surface area contributed by atoms with Gasteiger partial charge in [0.2, 0.25) is 5.91 Å². The molecule has 5 N–H and O–H groups in total. The summed E-state index contributed by atoms with van der Waals surface area (Å²) in [6.07, 6.45) is 0. The number of primary amides is 1. The molecule has 1 heterocycles. The summed E-state index contributed by atoms with van der Waals surface area (Å²) < 4.78 is 0. The van der Waals surface area contributed by atoms with E-state index in [1.165, 1.54) is 0 Å². The molecule has 6 heteroatoms. The Labute approximate surface area is 99.2 Å². The van der Waals surface area contributed by atoms with Crippen LogP contribution >= 0.6 is 12.2 Å². The molecule has 0 fully saturated rings. The molecule has 1 rings (SSSR count). The predicted octanol–water partition coefficient (Wildman–Crippen LogP) is 0.310. The Balaban J connectivity index is 3.05. The van der Waals surface area contributed by atoms with E-state index in [4.69, 9.17) is 23.7 Å². The number of amides is 1. The lowest BCUT2D eigenvalue weighted by atomic mass is 10.2. The van der Waals surface area contributed by atoms with E-state index in [1.807, 2.05) is 6.92 Å². The van der Waals surface area contributed by atoms with E-state index in [9.17, 15) is 4.79 Å². The Hall–Kier alpha value is -1.69. The van der Waals surface area contributed by atoms with Crippen molar-refractivity contribution < 1.29 is 4.79 Å². The molecule has 5 nitrogen and oxygen atoms in total. The van der Waals surface area contributed by atoms with Crippen LogP contribution in [0.4, 0.5) is 5.82 Å². The van der Waals surface area contributed by atoms with Crippen LogP contribution in [0.1, 0.15) is 18.2 Å². The summed E-state index contributed by atoms with van der Waals surface area (Å²) in [7, 11) is 0. The van der Waals surface area contributed by atoms with Crippen molar-refractivity contribution in [1.29, 1.82) is 0 Å². The monoisotopic (exact) mass is 238 g/mol. The van der Waals surface area contributed by atoms with Crippen molar-refractivity contribution in [1.82, 2.24) is 4.98 Å². The second-order valence-corrected chi connectivity index (χ2v) is 3.92. The van der Waals surface area contributed by atoms with Gasteiger partial charge in [0.25, 0.3) is 0 Å². The van der Waals surface area contributed by atoms with Gasteiger partial charge < -0.3 is 16.8 Å². The number of aryl methyl sites for hydroxylation is 1. The van der Waals surface area contributed by atoms with Crippen LogP contribution < -0.4 is 16.8 Å². The third-order valence-corrected chi connectivity index (χ3v) is 2.30. The normalized spacial score (nSPS) is 11.9. The number of rotatable bonds is 4. The highest BCUT2D eigenvalue weighted by Gasteiger charge is 2.13. The van der Waals surface area contributed by atoms with Gasteiger partial charge in [0.15, 0.2) is 0 Å². The highest BCUT2D eigenvalue weighted by molar-refractivity contribution is 7.80. The van der Waals surface area contributed by atoms with Crippen LogP contribution in [0, 0.1) is 6.92 Å². The molecule has 0 aliphatic heterocycles. The van der Waals surface area contributed by atoms with Gasteiger partial charge in [0.05, 0.1) is 5.56 Å². The minimum absolute atomic E-state index is 0.228. The third kappa shape index (κ3) is 2.90. The number of nitrogens with two attached hydrogens (primary N) is 2. The number of thiocarbonyl (C=S) groups is 1. The number of nitrogens with zero attached hydrogens (tertiary/aromatic N) is 1. The maximum atomic E-state index is 10.9. The fourth-order valence-electron chi connectivity index (χ4n) is 1.14. The van der Waals surface area contributed by atoms with E-state index in [0.29, 0.717) is 11.4 Å². The van der Waals surface area contributed by atoms with Gasteiger partial charge in [0.1, 0.15) is 16.8 Å². The van der Waals surface area contributed by atoms with Gasteiger partial charge in [-0.1, -0.05) is 12.2 Å². The van der Waals surface area contributed by atoms with Crippen molar-refractivity contribution in [2.24, 2.45) is 11.5 Å². The van der Waals surface area contributed by atoms with E-state index in [1.54, 1.807) is 19.1 Å². The van der Waals surface area contributed by atoms with Crippen molar-refractivity contribution in [3.05, 3.63) is 23.4 Å². The molecule has 1 unspecified atom stereocenters. The first-order chi connectivity index (χ1) is 7.41. The van der Waals surface area contributed by atoms with Crippen LogP contribution in [0.25, 0.3) is 0 Å². The molecule has 0 saturated carbocycles. The minimum Gasteiger partial charge on any atom is -0.389 e. The first-order valence-electron chi connectivity index (χ1n) is 4.75. The van der Waals surface area contributed by atoms with E-state index in [-0.39, 0.29) is 4.99 Å². The maximum Gasteiger partial charge on any atom is 0.239 e. The summed E-state index contributed by atoms with van der Waals surface area (Å²) >= 11 is 4.89. The Morgan fingerprint density at radius 2 is 2.12 bits per heavy atom. The number of aromatic nitrogens is 1. The number of nitrogens with one attached hydrogen (secondary N) is 1. The molecular formula is C10H14N4OS. The van der Waals surface area contributed by atoms with Crippen molar-refractivity contribution in [3.63, 3.8) is 0 Å². The fraction of sp³-hybridized carbons (Fsp3) is 0.300. The lowest BCUT2D eigenvalue weighted by Gasteiger charge is -2.14.